The van der Waals surface area contributed by atoms with E-state index < -0.39 is 6.10 Å². The van der Waals surface area contributed by atoms with Crippen molar-refractivity contribution in [2.24, 2.45) is 17.8 Å². The summed E-state index contributed by atoms with van der Waals surface area (Å²) in [6.45, 7) is 4.52. The summed E-state index contributed by atoms with van der Waals surface area (Å²) in [5.41, 5.74) is 5.73. The second kappa shape index (κ2) is 10.5. The molecule has 0 amide bonds. The van der Waals surface area contributed by atoms with Crippen molar-refractivity contribution < 1.29 is 55.0 Å². The van der Waals surface area contributed by atoms with Crippen molar-refractivity contribution in [2.75, 3.05) is 41.4 Å². The molecule has 0 radical (unpaired) electrons. The van der Waals surface area contributed by atoms with Crippen LogP contribution < -0.4 is 48.5 Å². The quantitative estimate of drug-likeness (QED) is 0.403. The second-order valence-electron chi connectivity index (χ2n) is 14.6. The number of ether oxygens (including phenoxy) is 4. The predicted molar refractivity (Wildman–Crippen MR) is 169 cm³/mol. The van der Waals surface area contributed by atoms with Crippen LogP contribution in [0.15, 0.2) is 48.6 Å². The Morgan fingerprint density at radius 1 is 0.756 bits per heavy atom. The normalized spacial score (nSPS) is 40.1. The number of rotatable bonds is 2. The summed E-state index contributed by atoms with van der Waals surface area (Å²) in [7, 11) is 7.94. The van der Waals surface area contributed by atoms with Crippen LogP contribution in [0.3, 0.4) is 0 Å². The molecule has 2 spiro atoms. The molecule has 4 heterocycles. The molecule has 10 atom stereocenters. The molecule has 8 aliphatic rings. The molecule has 8 heteroatoms. The van der Waals surface area contributed by atoms with Crippen LogP contribution in [0.4, 0.5) is 0 Å². The fraction of sp³-hybridized carbons (Fsp3) is 0.568. The Balaban J connectivity index is 0.000000141. The maximum atomic E-state index is 10.6. The molecule has 234 valence electrons. The molecule has 2 fully saturated rings. The van der Waals surface area contributed by atoms with Crippen LogP contribution in [0, 0.1) is 17.8 Å². The summed E-state index contributed by atoms with van der Waals surface area (Å²) in [6.07, 6.45) is 13.0. The summed E-state index contributed by atoms with van der Waals surface area (Å²) in [6, 6.07) is 9.68. The van der Waals surface area contributed by atoms with Gasteiger partial charge in [0, 0.05) is 51.8 Å². The number of aliphatic hydroxyl groups is 1. The van der Waals surface area contributed by atoms with E-state index in [1.54, 1.807) is 14.2 Å². The van der Waals surface area contributed by atoms with E-state index in [0.717, 1.165) is 55.4 Å². The Kier molecular flexibility index (Phi) is 7.08. The molecular formula is C37H45N2NaO5. The Labute approximate surface area is 290 Å². The van der Waals surface area contributed by atoms with Gasteiger partial charge in [-0.25, -0.2) is 0 Å². The largest absolute Gasteiger partial charge is 1.00 e. The van der Waals surface area contributed by atoms with Crippen LogP contribution in [0.1, 0.15) is 43.4 Å². The Morgan fingerprint density at radius 2 is 1.24 bits per heavy atom. The fourth-order valence-electron chi connectivity index (χ4n) is 11.0. The molecule has 2 aromatic rings. The predicted octanol–water partition coefficient (Wildman–Crippen LogP) is 1.39. The van der Waals surface area contributed by atoms with E-state index in [1.165, 1.54) is 28.7 Å². The van der Waals surface area contributed by atoms with Gasteiger partial charge in [-0.15, -0.1) is 0 Å². The average molecular weight is 621 g/mol. The molecule has 4 aliphatic heterocycles. The van der Waals surface area contributed by atoms with Crippen LogP contribution in [0.2, 0.25) is 0 Å². The van der Waals surface area contributed by atoms with Gasteiger partial charge in [0.15, 0.2) is 23.0 Å². The van der Waals surface area contributed by atoms with Gasteiger partial charge in [-0.2, -0.15) is 0 Å². The van der Waals surface area contributed by atoms with Gasteiger partial charge in [-0.3, -0.25) is 0 Å². The zero-order valence-electron chi connectivity index (χ0n) is 28.5. The maximum Gasteiger partial charge on any atom is 1.00 e. The average Bonchev–Trinajstić information content (AvgIpc) is 3.57. The first-order valence-electron chi connectivity index (χ1n) is 16.5. The minimum Gasteiger partial charge on any atom is -1.00 e. The van der Waals surface area contributed by atoms with Gasteiger partial charge in [0.2, 0.25) is 0 Å². The molecule has 45 heavy (non-hydrogen) atoms. The van der Waals surface area contributed by atoms with Crippen molar-refractivity contribution in [3.05, 3.63) is 70.8 Å². The van der Waals surface area contributed by atoms with Gasteiger partial charge in [-0.05, 0) is 76.1 Å². The van der Waals surface area contributed by atoms with Crippen molar-refractivity contribution in [3.8, 4) is 23.0 Å². The van der Waals surface area contributed by atoms with Crippen molar-refractivity contribution in [1.82, 2.24) is 9.80 Å². The number of nitrogens with zero attached hydrogens (tertiary/aromatic N) is 2. The van der Waals surface area contributed by atoms with Crippen LogP contribution in [-0.2, 0) is 23.7 Å². The third-order valence-electron chi connectivity index (χ3n) is 13.0. The van der Waals surface area contributed by atoms with Crippen LogP contribution in [-0.4, -0.2) is 86.7 Å². The van der Waals surface area contributed by atoms with E-state index in [0.29, 0.717) is 29.8 Å². The molecule has 2 saturated heterocycles. The Hall–Kier alpha value is -2.00. The molecule has 7 nitrogen and oxygen atoms in total. The molecule has 2 aromatic carbocycles. The number of benzene rings is 2. The smallest absolute Gasteiger partial charge is 1.00 e. The SMILES string of the molecule is COc1ccc2c3c1O[C@H]1[C@@H](C)C=CC4[C@@H](C2)N(C)CC[C@@]341.COc1ccc2c3c1O[C@H]1[C@@H](O)C=CC4[C@@H](C2)N(C)CC[C@@]341.[H-].[Na+]. The van der Waals surface area contributed by atoms with Gasteiger partial charge < -0.3 is 35.3 Å². The van der Waals surface area contributed by atoms with E-state index in [-0.39, 0.29) is 54.0 Å². The van der Waals surface area contributed by atoms with Gasteiger partial charge >= 0.3 is 29.6 Å². The summed E-state index contributed by atoms with van der Waals surface area (Å²) in [5, 5.41) is 10.6. The monoisotopic (exact) mass is 620 g/mol. The molecular weight excluding hydrogens is 575 g/mol. The number of methoxy groups -OCH3 is 2. The van der Waals surface area contributed by atoms with E-state index in [9.17, 15) is 5.11 Å². The van der Waals surface area contributed by atoms with Crippen molar-refractivity contribution >= 4 is 0 Å². The molecule has 0 aromatic heterocycles. The second-order valence-corrected chi connectivity index (χ2v) is 14.6. The summed E-state index contributed by atoms with van der Waals surface area (Å²) >= 11 is 0. The van der Waals surface area contributed by atoms with E-state index in [1.807, 2.05) is 12.1 Å². The molecule has 4 bridgehead atoms. The number of aliphatic hydroxyl groups excluding tert-OH is 1. The third-order valence-corrected chi connectivity index (χ3v) is 13.0. The minimum absolute atomic E-state index is 0. The molecule has 2 unspecified atom stereocenters. The summed E-state index contributed by atoms with van der Waals surface area (Å²) < 4.78 is 24.0. The summed E-state index contributed by atoms with van der Waals surface area (Å²) in [4.78, 5) is 5.03. The van der Waals surface area contributed by atoms with Gasteiger partial charge in [0.25, 0.3) is 0 Å². The molecule has 1 N–H and O–H groups in total. The number of piperidine rings is 2. The van der Waals surface area contributed by atoms with E-state index in [4.69, 9.17) is 18.9 Å². The zero-order valence-corrected chi connectivity index (χ0v) is 29.5. The van der Waals surface area contributed by atoms with Crippen LogP contribution >= 0.6 is 0 Å². The maximum absolute atomic E-state index is 10.6. The fourth-order valence-corrected chi connectivity index (χ4v) is 11.0. The topological polar surface area (TPSA) is 63.6 Å². The molecule has 4 aliphatic carbocycles. The van der Waals surface area contributed by atoms with Crippen LogP contribution in [0.25, 0.3) is 0 Å². The van der Waals surface area contributed by atoms with E-state index >= 15 is 0 Å². The number of hydrogen-bond donors (Lipinski definition) is 1. The molecule has 10 rings (SSSR count). The van der Waals surface area contributed by atoms with Gasteiger partial charge in [0.1, 0.15) is 18.3 Å². The number of hydrogen-bond acceptors (Lipinski definition) is 7. The Morgan fingerprint density at radius 3 is 1.78 bits per heavy atom. The van der Waals surface area contributed by atoms with Crippen molar-refractivity contribution in [3.63, 3.8) is 0 Å². The Bertz CT molecular complexity index is 1500. The number of likely N-dealkylation sites (tertiary alicyclic amines) is 2. The third kappa shape index (κ3) is 3.74. The standard InChI is InChI=1S/C19H23NO2.C18H21NO3.Na.H/c1-11-4-6-13-14-10-12-5-7-15(21-3)17-16(12)19(13,18(11)22-17)8-9-20(14)2;1-19-8-7-18-11-4-5-13(20)17(18)22-16-14(21-2)6-3-10(15(16)18)9-12(11)19;;/h4-7,11,13-14,18H,8-10H2,1-3H3;3-6,11-13,17,20H,7-9H2,1-2H3;;/q;;+1;-1/t11-,13?,14+,18-,19-;11?,12-,13+,17+,18+;;/m01../s1. The van der Waals surface area contributed by atoms with Gasteiger partial charge in [0.05, 0.1) is 14.2 Å². The number of likely N-dealkylation sites (N-methyl/N-ethyl adjacent to an activating group) is 2. The first kappa shape index (κ1) is 30.3. The van der Waals surface area contributed by atoms with Gasteiger partial charge in [-0.1, -0.05) is 43.4 Å². The van der Waals surface area contributed by atoms with Crippen molar-refractivity contribution in [2.45, 2.75) is 73.8 Å². The van der Waals surface area contributed by atoms with Crippen molar-refractivity contribution in [1.29, 1.82) is 0 Å². The minimum atomic E-state index is -0.539. The zero-order chi connectivity index (χ0) is 30.1. The molecule has 0 saturated carbocycles. The van der Waals surface area contributed by atoms with E-state index in [2.05, 4.69) is 67.2 Å². The first-order valence-corrected chi connectivity index (χ1v) is 16.5. The summed E-state index contributed by atoms with van der Waals surface area (Å²) in [5.74, 6) is 5.07. The first-order chi connectivity index (χ1) is 21.3. The van der Waals surface area contributed by atoms with Crippen LogP contribution in [0.5, 0.6) is 23.0 Å².